The third-order valence-electron chi connectivity index (χ3n) is 5.85. The van der Waals surface area contributed by atoms with Crippen LogP contribution < -0.4 is 5.46 Å². The average Bonchev–Trinajstić information content (AvgIpc) is 3.30. The van der Waals surface area contributed by atoms with Gasteiger partial charge in [0.05, 0.1) is 11.2 Å². The molecular weight excluding hydrogens is 387 g/mol. The van der Waals surface area contributed by atoms with Gasteiger partial charge in [0.2, 0.25) is 0 Å². The standard InChI is InChI=1S/C22H21BO3S2/c1-21(2)22(3,13-18-12-15-11-17(24)5-7-20(15)28-18)26-23(25-21)16-4-6-19-14(10-16)8-9-27-19/h4-12,24H,13H2,1-3H3. The van der Waals surface area contributed by atoms with E-state index in [0.29, 0.717) is 5.75 Å². The molecule has 1 aliphatic rings. The van der Waals surface area contributed by atoms with Gasteiger partial charge in [0, 0.05) is 20.7 Å². The average molecular weight is 408 g/mol. The number of thiophene rings is 2. The number of benzene rings is 2. The molecule has 0 aliphatic carbocycles. The summed E-state index contributed by atoms with van der Waals surface area (Å²) < 4.78 is 15.4. The number of hydrogen-bond acceptors (Lipinski definition) is 5. The highest BCUT2D eigenvalue weighted by Crippen LogP contribution is 2.42. The molecule has 1 fully saturated rings. The molecule has 2 aromatic heterocycles. The summed E-state index contributed by atoms with van der Waals surface area (Å²) >= 11 is 3.49. The van der Waals surface area contributed by atoms with Gasteiger partial charge < -0.3 is 14.4 Å². The summed E-state index contributed by atoms with van der Waals surface area (Å²) in [6.45, 7) is 6.35. The van der Waals surface area contributed by atoms with Crippen molar-refractivity contribution in [2.45, 2.75) is 38.4 Å². The zero-order chi connectivity index (χ0) is 19.5. The fourth-order valence-electron chi connectivity index (χ4n) is 3.82. The van der Waals surface area contributed by atoms with E-state index in [1.807, 2.05) is 12.1 Å². The fraction of sp³-hybridized carbons (Fsp3) is 0.273. The monoisotopic (exact) mass is 408 g/mol. The minimum atomic E-state index is -0.454. The first kappa shape index (κ1) is 18.2. The maximum atomic E-state index is 9.74. The van der Waals surface area contributed by atoms with Crippen molar-refractivity contribution in [2.24, 2.45) is 0 Å². The first-order valence-electron chi connectivity index (χ1n) is 9.37. The summed E-state index contributed by atoms with van der Waals surface area (Å²) in [6.07, 6.45) is 0.761. The zero-order valence-corrected chi connectivity index (χ0v) is 17.7. The Kier molecular flexibility index (Phi) is 4.11. The fourth-order valence-corrected chi connectivity index (χ4v) is 5.78. The van der Waals surface area contributed by atoms with Crippen molar-refractivity contribution in [3.8, 4) is 5.75 Å². The van der Waals surface area contributed by atoms with Gasteiger partial charge in [-0.05, 0) is 78.8 Å². The lowest BCUT2D eigenvalue weighted by molar-refractivity contribution is -0.00818. The van der Waals surface area contributed by atoms with E-state index < -0.39 is 11.2 Å². The molecular formula is C22H21BO3S2. The van der Waals surface area contributed by atoms with Crippen LogP contribution in [0.3, 0.4) is 0 Å². The quantitative estimate of drug-likeness (QED) is 0.465. The van der Waals surface area contributed by atoms with Crippen LogP contribution in [0.1, 0.15) is 25.6 Å². The summed E-state index contributed by atoms with van der Waals surface area (Å²) in [6, 6.07) is 16.2. The molecule has 0 saturated carbocycles. The lowest BCUT2D eigenvalue weighted by Gasteiger charge is -2.36. The van der Waals surface area contributed by atoms with Crippen molar-refractivity contribution >= 4 is 55.4 Å². The van der Waals surface area contributed by atoms with Gasteiger partial charge in [-0.2, -0.15) is 0 Å². The molecule has 6 heteroatoms. The summed E-state index contributed by atoms with van der Waals surface area (Å²) in [4.78, 5) is 1.23. The molecule has 0 radical (unpaired) electrons. The van der Waals surface area contributed by atoms with Gasteiger partial charge in [0.1, 0.15) is 5.75 Å². The number of fused-ring (bicyclic) bond motifs is 2. The molecule has 1 N–H and O–H groups in total. The Morgan fingerprint density at radius 2 is 1.75 bits per heavy atom. The van der Waals surface area contributed by atoms with Gasteiger partial charge in [-0.3, -0.25) is 0 Å². The van der Waals surface area contributed by atoms with E-state index in [9.17, 15) is 5.11 Å². The first-order valence-corrected chi connectivity index (χ1v) is 11.1. The maximum Gasteiger partial charge on any atom is 0.494 e. The second-order valence-electron chi connectivity index (χ2n) is 8.14. The Bertz CT molecular complexity index is 1180. The van der Waals surface area contributed by atoms with Gasteiger partial charge in [-0.15, -0.1) is 22.7 Å². The second-order valence-corrected chi connectivity index (χ2v) is 10.3. The van der Waals surface area contributed by atoms with Gasteiger partial charge in [-0.1, -0.05) is 12.1 Å². The zero-order valence-electron chi connectivity index (χ0n) is 16.1. The summed E-state index contributed by atoms with van der Waals surface area (Å²) in [5.41, 5.74) is 0.174. The summed E-state index contributed by atoms with van der Waals surface area (Å²) in [7, 11) is -0.372. The molecule has 2 aromatic carbocycles. The van der Waals surface area contributed by atoms with E-state index in [1.165, 1.54) is 19.7 Å². The van der Waals surface area contributed by atoms with E-state index in [0.717, 1.165) is 17.3 Å². The second kappa shape index (κ2) is 6.32. The van der Waals surface area contributed by atoms with E-state index in [4.69, 9.17) is 9.31 Å². The van der Waals surface area contributed by atoms with Crippen LogP contribution in [0.15, 0.2) is 53.9 Å². The molecule has 1 saturated heterocycles. The molecule has 28 heavy (non-hydrogen) atoms. The summed E-state index contributed by atoms with van der Waals surface area (Å²) in [5.74, 6) is 0.299. The maximum absolute atomic E-state index is 9.74. The van der Waals surface area contributed by atoms with Crippen molar-refractivity contribution in [3.63, 3.8) is 0 Å². The normalized spacial score (nSPS) is 21.8. The van der Waals surface area contributed by atoms with Gasteiger partial charge in [0.15, 0.2) is 0 Å². The van der Waals surface area contributed by atoms with Crippen molar-refractivity contribution < 1.29 is 14.4 Å². The number of phenolic OH excluding ortho intramolecular Hbond substituents is 1. The van der Waals surface area contributed by atoms with Crippen LogP contribution in [0.2, 0.25) is 0 Å². The predicted molar refractivity (Wildman–Crippen MR) is 119 cm³/mol. The molecule has 0 bridgehead atoms. The molecule has 3 heterocycles. The van der Waals surface area contributed by atoms with Crippen LogP contribution in [0.25, 0.3) is 20.2 Å². The molecule has 5 rings (SSSR count). The highest BCUT2D eigenvalue weighted by Gasteiger charge is 2.54. The van der Waals surface area contributed by atoms with Crippen LogP contribution in [0, 0.1) is 0 Å². The minimum Gasteiger partial charge on any atom is -0.508 e. The van der Waals surface area contributed by atoms with Gasteiger partial charge in [-0.25, -0.2) is 0 Å². The molecule has 1 unspecified atom stereocenters. The molecule has 3 nitrogen and oxygen atoms in total. The molecule has 1 aliphatic heterocycles. The topological polar surface area (TPSA) is 38.7 Å². The van der Waals surface area contributed by atoms with Crippen LogP contribution >= 0.6 is 22.7 Å². The lowest BCUT2D eigenvalue weighted by atomic mass is 9.79. The van der Waals surface area contributed by atoms with Crippen LogP contribution in [-0.4, -0.2) is 23.4 Å². The van der Waals surface area contributed by atoms with E-state index in [2.05, 4.69) is 56.5 Å². The Hall–Kier alpha value is -1.86. The number of rotatable bonds is 3. The van der Waals surface area contributed by atoms with E-state index >= 15 is 0 Å². The predicted octanol–water partition coefficient (Wildman–Crippen LogP) is 5.34. The van der Waals surface area contributed by atoms with Crippen molar-refractivity contribution in [1.82, 2.24) is 0 Å². The minimum absolute atomic E-state index is 0.299. The summed E-state index contributed by atoms with van der Waals surface area (Å²) in [5, 5.41) is 14.1. The Balaban J connectivity index is 1.45. The molecule has 1 atom stereocenters. The Morgan fingerprint density at radius 1 is 0.929 bits per heavy atom. The van der Waals surface area contributed by atoms with Gasteiger partial charge in [0.25, 0.3) is 0 Å². The van der Waals surface area contributed by atoms with Crippen molar-refractivity contribution in [2.75, 3.05) is 0 Å². The highest BCUT2D eigenvalue weighted by molar-refractivity contribution is 7.19. The van der Waals surface area contributed by atoms with E-state index in [-0.39, 0.29) is 7.12 Å². The first-order chi connectivity index (χ1) is 13.3. The number of aromatic hydroxyl groups is 1. The van der Waals surface area contributed by atoms with Crippen LogP contribution in [-0.2, 0) is 15.7 Å². The largest absolute Gasteiger partial charge is 0.508 e. The third-order valence-corrected chi connectivity index (χ3v) is 7.87. The molecule has 142 valence electrons. The van der Waals surface area contributed by atoms with E-state index in [1.54, 1.807) is 28.7 Å². The third kappa shape index (κ3) is 2.96. The van der Waals surface area contributed by atoms with Crippen LogP contribution in [0.5, 0.6) is 5.75 Å². The Labute approximate surface area is 172 Å². The molecule has 0 spiro atoms. The molecule has 0 amide bonds. The highest BCUT2D eigenvalue weighted by atomic mass is 32.1. The number of hydrogen-bond donors (Lipinski definition) is 1. The van der Waals surface area contributed by atoms with Crippen molar-refractivity contribution in [1.29, 1.82) is 0 Å². The van der Waals surface area contributed by atoms with Crippen LogP contribution in [0.4, 0.5) is 0 Å². The van der Waals surface area contributed by atoms with Crippen molar-refractivity contribution in [3.05, 3.63) is 58.8 Å². The number of phenols is 1. The Morgan fingerprint density at radius 3 is 2.61 bits per heavy atom. The molecule has 4 aromatic rings. The lowest BCUT2D eigenvalue weighted by Crippen LogP contribution is -2.46. The smallest absolute Gasteiger partial charge is 0.494 e. The SMILES string of the molecule is CC1(C)OB(c2ccc3sccc3c2)OC1(C)Cc1cc2cc(O)ccc2s1. The van der Waals surface area contributed by atoms with Gasteiger partial charge >= 0.3 is 7.12 Å².